The van der Waals surface area contributed by atoms with E-state index in [1.54, 1.807) is 12.4 Å². The standard InChI is InChI=1S/C19H20N4O3/c1-18-4-5-24-9-16(18)19(10-25-17(20)23-19)14-6-12(2-3-15(14)26-18)13-7-21-11-22-8-13/h2-3,6-8,11,16H,4-5,9-10H2,1H3,(H2,20,23)/t16-,18-,19?/m1/s1. The number of aliphatic imine (C=N–C) groups is 1. The highest BCUT2D eigenvalue weighted by Crippen LogP contribution is 2.54. The Kier molecular flexibility index (Phi) is 3.24. The zero-order chi connectivity index (χ0) is 17.8. The first-order valence-electron chi connectivity index (χ1n) is 8.76. The van der Waals surface area contributed by atoms with E-state index in [1.165, 1.54) is 6.33 Å². The molecule has 1 saturated heterocycles. The van der Waals surface area contributed by atoms with E-state index in [0.717, 1.165) is 28.9 Å². The summed E-state index contributed by atoms with van der Waals surface area (Å²) in [6, 6.07) is 6.34. The van der Waals surface area contributed by atoms with E-state index in [-0.39, 0.29) is 17.5 Å². The van der Waals surface area contributed by atoms with Crippen molar-refractivity contribution < 1.29 is 14.2 Å². The van der Waals surface area contributed by atoms with Gasteiger partial charge in [0, 0.05) is 29.9 Å². The van der Waals surface area contributed by atoms with Crippen LogP contribution in [0, 0.1) is 5.92 Å². The van der Waals surface area contributed by atoms with E-state index in [2.05, 4.69) is 23.0 Å². The normalized spacial score (nSPS) is 32.2. The topological polar surface area (TPSA) is 91.9 Å². The molecule has 0 amide bonds. The predicted octanol–water partition coefficient (Wildman–Crippen LogP) is 1.87. The molecule has 0 bridgehead atoms. The molecule has 3 aliphatic heterocycles. The summed E-state index contributed by atoms with van der Waals surface area (Å²) in [6.07, 6.45) is 5.92. The fourth-order valence-electron chi connectivity index (χ4n) is 4.38. The molecule has 0 saturated carbocycles. The smallest absolute Gasteiger partial charge is 0.283 e. The third-order valence-electron chi connectivity index (χ3n) is 5.77. The van der Waals surface area contributed by atoms with Gasteiger partial charge in [-0.25, -0.2) is 15.0 Å². The number of nitrogens with two attached hydrogens (primary N) is 1. The molecule has 1 spiro atoms. The quantitative estimate of drug-likeness (QED) is 0.842. The largest absolute Gasteiger partial charge is 0.487 e. The second-order valence-corrected chi connectivity index (χ2v) is 7.29. The number of fused-ring (bicyclic) bond motifs is 4. The number of hydrogen-bond acceptors (Lipinski definition) is 7. The Morgan fingerprint density at radius 3 is 2.81 bits per heavy atom. The summed E-state index contributed by atoms with van der Waals surface area (Å²) in [5, 5.41) is 0. The molecule has 5 rings (SSSR count). The van der Waals surface area contributed by atoms with Crippen LogP contribution in [0.15, 0.2) is 41.9 Å². The van der Waals surface area contributed by atoms with Gasteiger partial charge in [-0.2, -0.15) is 0 Å². The first-order chi connectivity index (χ1) is 12.6. The molecule has 0 radical (unpaired) electrons. The first kappa shape index (κ1) is 15.6. The Hall–Kier alpha value is -2.67. The van der Waals surface area contributed by atoms with E-state index in [4.69, 9.17) is 24.9 Å². The summed E-state index contributed by atoms with van der Waals surface area (Å²) >= 11 is 0. The van der Waals surface area contributed by atoms with Crippen molar-refractivity contribution in [1.29, 1.82) is 0 Å². The fraction of sp³-hybridized carbons (Fsp3) is 0.421. The van der Waals surface area contributed by atoms with Gasteiger partial charge in [0.15, 0.2) is 0 Å². The van der Waals surface area contributed by atoms with Crippen molar-refractivity contribution in [3.8, 4) is 16.9 Å². The number of ether oxygens (including phenoxy) is 3. The molecule has 1 fully saturated rings. The van der Waals surface area contributed by atoms with E-state index in [9.17, 15) is 0 Å². The number of hydrogen-bond donors (Lipinski definition) is 1. The Bertz CT molecular complexity index is 888. The Balaban J connectivity index is 1.71. The van der Waals surface area contributed by atoms with Crippen LogP contribution in [0.3, 0.4) is 0 Å². The first-order valence-corrected chi connectivity index (χ1v) is 8.76. The highest BCUT2D eigenvalue weighted by molar-refractivity contribution is 5.75. The average molecular weight is 352 g/mol. The summed E-state index contributed by atoms with van der Waals surface area (Å²) < 4.78 is 17.9. The number of aromatic nitrogens is 2. The third kappa shape index (κ3) is 2.13. The summed E-state index contributed by atoms with van der Waals surface area (Å²) in [6.45, 7) is 3.77. The highest BCUT2D eigenvalue weighted by Gasteiger charge is 2.59. The van der Waals surface area contributed by atoms with Crippen molar-refractivity contribution in [1.82, 2.24) is 9.97 Å². The maximum Gasteiger partial charge on any atom is 0.283 e. The molecular formula is C19H20N4O3. The van der Waals surface area contributed by atoms with Crippen molar-refractivity contribution in [3.05, 3.63) is 42.5 Å². The Morgan fingerprint density at radius 1 is 1.19 bits per heavy atom. The minimum absolute atomic E-state index is 0.0274. The zero-order valence-corrected chi connectivity index (χ0v) is 14.5. The monoisotopic (exact) mass is 352 g/mol. The molecule has 0 aliphatic carbocycles. The van der Waals surface area contributed by atoms with Gasteiger partial charge in [0.2, 0.25) is 0 Å². The lowest BCUT2D eigenvalue weighted by Crippen LogP contribution is -2.59. The van der Waals surface area contributed by atoms with Crippen LogP contribution in [0.4, 0.5) is 0 Å². The Labute approximate surface area is 151 Å². The lowest BCUT2D eigenvalue weighted by molar-refractivity contribution is -0.129. The van der Waals surface area contributed by atoms with Crippen LogP contribution in [-0.4, -0.2) is 41.4 Å². The molecule has 7 nitrogen and oxygen atoms in total. The van der Waals surface area contributed by atoms with Crippen LogP contribution < -0.4 is 10.5 Å². The summed E-state index contributed by atoms with van der Waals surface area (Å²) in [5.41, 5.74) is 7.90. The van der Waals surface area contributed by atoms with Gasteiger partial charge in [-0.15, -0.1) is 0 Å². The van der Waals surface area contributed by atoms with Gasteiger partial charge in [0.1, 0.15) is 29.8 Å². The molecule has 4 heterocycles. The average Bonchev–Trinajstić information content (AvgIpc) is 3.04. The van der Waals surface area contributed by atoms with Crippen LogP contribution in [0.1, 0.15) is 18.9 Å². The van der Waals surface area contributed by atoms with E-state index in [1.807, 2.05) is 12.1 Å². The van der Waals surface area contributed by atoms with Crippen molar-refractivity contribution in [2.45, 2.75) is 24.5 Å². The number of amidine groups is 1. The lowest BCUT2D eigenvalue weighted by Gasteiger charge is -2.52. The third-order valence-corrected chi connectivity index (χ3v) is 5.77. The minimum Gasteiger partial charge on any atom is -0.487 e. The molecule has 1 unspecified atom stereocenters. The number of benzene rings is 1. The van der Waals surface area contributed by atoms with Gasteiger partial charge in [-0.3, -0.25) is 0 Å². The SMILES string of the molecule is C[C@@]12CCOC[C@H]1C1(COC(N)=N1)c1cc(-c3cncnc3)ccc1O2. The van der Waals surface area contributed by atoms with Crippen molar-refractivity contribution in [2.24, 2.45) is 16.6 Å². The van der Waals surface area contributed by atoms with Gasteiger partial charge in [0.05, 0.1) is 19.1 Å². The van der Waals surface area contributed by atoms with Crippen LogP contribution in [-0.2, 0) is 15.0 Å². The van der Waals surface area contributed by atoms with Gasteiger partial charge in [-0.05, 0) is 24.6 Å². The van der Waals surface area contributed by atoms with Crippen LogP contribution in [0.2, 0.25) is 0 Å². The maximum atomic E-state index is 6.46. The molecular weight excluding hydrogens is 332 g/mol. The van der Waals surface area contributed by atoms with Crippen molar-refractivity contribution in [3.63, 3.8) is 0 Å². The van der Waals surface area contributed by atoms with Crippen LogP contribution in [0.5, 0.6) is 5.75 Å². The minimum atomic E-state index is -0.599. The van der Waals surface area contributed by atoms with E-state index in [0.29, 0.717) is 19.8 Å². The molecule has 2 N–H and O–H groups in total. The zero-order valence-electron chi connectivity index (χ0n) is 14.5. The molecule has 1 aromatic heterocycles. The molecule has 134 valence electrons. The molecule has 3 aliphatic rings. The lowest BCUT2D eigenvalue weighted by atomic mass is 9.66. The predicted molar refractivity (Wildman–Crippen MR) is 94.7 cm³/mol. The van der Waals surface area contributed by atoms with Gasteiger partial charge in [0.25, 0.3) is 6.02 Å². The number of nitrogens with zero attached hydrogens (tertiary/aromatic N) is 3. The number of rotatable bonds is 1. The maximum absolute atomic E-state index is 6.46. The van der Waals surface area contributed by atoms with Crippen molar-refractivity contribution >= 4 is 6.02 Å². The summed E-state index contributed by atoms with van der Waals surface area (Å²) in [5.74, 6) is 0.855. The molecule has 7 heteroatoms. The Morgan fingerprint density at radius 2 is 2.04 bits per heavy atom. The van der Waals surface area contributed by atoms with E-state index >= 15 is 0 Å². The van der Waals surface area contributed by atoms with Gasteiger partial charge < -0.3 is 19.9 Å². The summed E-state index contributed by atoms with van der Waals surface area (Å²) in [7, 11) is 0. The van der Waals surface area contributed by atoms with Crippen LogP contribution in [0.25, 0.3) is 11.1 Å². The molecule has 1 aromatic carbocycles. The van der Waals surface area contributed by atoms with Gasteiger partial charge >= 0.3 is 0 Å². The second-order valence-electron chi connectivity index (χ2n) is 7.29. The van der Waals surface area contributed by atoms with Crippen LogP contribution >= 0.6 is 0 Å². The van der Waals surface area contributed by atoms with E-state index < -0.39 is 5.54 Å². The fourth-order valence-corrected chi connectivity index (χ4v) is 4.38. The highest BCUT2D eigenvalue weighted by atomic mass is 16.5. The molecule has 3 atom stereocenters. The second kappa shape index (κ2) is 5.41. The summed E-state index contributed by atoms with van der Waals surface area (Å²) in [4.78, 5) is 13.0. The van der Waals surface area contributed by atoms with Crippen molar-refractivity contribution in [2.75, 3.05) is 19.8 Å². The molecule has 2 aromatic rings. The molecule has 26 heavy (non-hydrogen) atoms. The van der Waals surface area contributed by atoms with Gasteiger partial charge in [-0.1, -0.05) is 6.07 Å².